The van der Waals surface area contributed by atoms with E-state index >= 15 is 0 Å². The molecule has 6 heteroatoms. The molecule has 0 saturated carbocycles. The first-order valence-corrected chi connectivity index (χ1v) is 4.95. The number of aromatic nitrogens is 4. The van der Waals surface area contributed by atoms with Crippen molar-refractivity contribution in [3.63, 3.8) is 0 Å². The second kappa shape index (κ2) is 3.80. The van der Waals surface area contributed by atoms with Gasteiger partial charge in [0.2, 0.25) is 0 Å². The fourth-order valence-electron chi connectivity index (χ4n) is 1.59. The van der Waals surface area contributed by atoms with Gasteiger partial charge in [-0.1, -0.05) is 0 Å². The third-order valence-corrected chi connectivity index (χ3v) is 2.49. The van der Waals surface area contributed by atoms with Crippen LogP contribution >= 0.6 is 0 Å². The molecule has 84 valence electrons. The third kappa shape index (κ3) is 1.58. The van der Waals surface area contributed by atoms with E-state index in [0.717, 1.165) is 17.8 Å². The van der Waals surface area contributed by atoms with Gasteiger partial charge in [-0.15, -0.1) is 0 Å². The average Bonchev–Trinajstić information content (AvgIpc) is 2.83. The molecule has 16 heavy (non-hydrogen) atoms. The summed E-state index contributed by atoms with van der Waals surface area (Å²) < 4.78 is 1.84. The number of aromatic amines is 1. The van der Waals surface area contributed by atoms with Crippen molar-refractivity contribution in [2.24, 2.45) is 0 Å². The zero-order valence-electron chi connectivity index (χ0n) is 9.06. The summed E-state index contributed by atoms with van der Waals surface area (Å²) in [5.41, 5.74) is 2.52. The molecule has 6 nitrogen and oxygen atoms in total. The van der Waals surface area contributed by atoms with Crippen molar-refractivity contribution < 1.29 is 9.90 Å². The quantitative estimate of drug-likeness (QED) is 0.816. The second-order valence-electron chi connectivity index (χ2n) is 3.43. The molecule has 0 unspecified atom stereocenters. The second-order valence-corrected chi connectivity index (χ2v) is 3.43. The van der Waals surface area contributed by atoms with Gasteiger partial charge in [-0.05, 0) is 19.9 Å². The first kappa shape index (κ1) is 10.4. The van der Waals surface area contributed by atoms with Gasteiger partial charge in [-0.3, -0.25) is 9.78 Å². The Bertz CT molecular complexity index is 527. The zero-order valence-corrected chi connectivity index (χ0v) is 9.06. The first-order chi connectivity index (χ1) is 7.63. The van der Waals surface area contributed by atoms with Crippen molar-refractivity contribution in [2.75, 3.05) is 0 Å². The first-order valence-electron chi connectivity index (χ1n) is 4.95. The fourth-order valence-corrected chi connectivity index (χ4v) is 1.59. The Morgan fingerprint density at radius 3 is 2.88 bits per heavy atom. The number of hydrogen-bond donors (Lipinski definition) is 2. The Kier molecular flexibility index (Phi) is 2.47. The zero-order chi connectivity index (χ0) is 11.7. The van der Waals surface area contributed by atoms with Crippen LogP contribution in [0.5, 0.6) is 0 Å². The summed E-state index contributed by atoms with van der Waals surface area (Å²) in [6.45, 7) is 4.71. The predicted molar refractivity (Wildman–Crippen MR) is 57.2 cm³/mol. The van der Waals surface area contributed by atoms with Gasteiger partial charge in [0.1, 0.15) is 5.69 Å². The number of carboxylic acid groups (broad SMARTS) is 1. The van der Waals surface area contributed by atoms with Gasteiger partial charge in [-0.2, -0.15) is 10.2 Å². The number of aromatic carboxylic acids is 1. The Labute approximate surface area is 91.9 Å². The summed E-state index contributed by atoms with van der Waals surface area (Å²) in [7, 11) is 0. The van der Waals surface area contributed by atoms with Crippen LogP contribution < -0.4 is 0 Å². The predicted octanol–water partition coefficient (Wildman–Crippen LogP) is 1.30. The maximum absolute atomic E-state index is 10.7. The summed E-state index contributed by atoms with van der Waals surface area (Å²) >= 11 is 0. The SMILES string of the molecule is CCn1ncc(-c2cc(C(=O)O)[nH]n2)c1C. The van der Waals surface area contributed by atoms with E-state index in [1.54, 1.807) is 6.20 Å². The molecule has 0 saturated heterocycles. The normalized spacial score (nSPS) is 10.6. The molecule has 0 bridgehead atoms. The maximum Gasteiger partial charge on any atom is 0.353 e. The highest BCUT2D eigenvalue weighted by Crippen LogP contribution is 2.21. The van der Waals surface area contributed by atoms with Crippen LogP contribution in [0.15, 0.2) is 12.3 Å². The number of aryl methyl sites for hydroxylation is 1. The molecular formula is C10H12N4O2. The topological polar surface area (TPSA) is 83.8 Å². The van der Waals surface area contributed by atoms with Gasteiger partial charge in [0, 0.05) is 17.8 Å². The van der Waals surface area contributed by atoms with E-state index < -0.39 is 5.97 Å². The van der Waals surface area contributed by atoms with Gasteiger partial charge in [0.05, 0.1) is 11.9 Å². The minimum absolute atomic E-state index is 0.0821. The number of H-pyrrole nitrogens is 1. The van der Waals surface area contributed by atoms with Gasteiger partial charge >= 0.3 is 5.97 Å². The number of nitrogens with one attached hydrogen (secondary N) is 1. The molecule has 0 spiro atoms. The van der Waals surface area contributed by atoms with Crippen molar-refractivity contribution in [3.8, 4) is 11.3 Å². The number of rotatable bonds is 3. The number of hydrogen-bond acceptors (Lipinski definition) is 3. The Hall–Kier alpha value is -2.11. The van der Waals surface area contributed by atoms with E-state index in [1.807, 2.05) is 18.5 Å². The number of nitrogens with zero attached hydrogens (tertiary/aromatic N) is 3. The van der Waals surface area contributed by atoms with Crippen LogP contribution in [0.3, 0.4) is 0 Å². The van der Waals surface area contributed by atoms with E-state index in [-0.39, 0.29) is 5.69 Å². The largest absolute Gasteiger partial charge is 0.477 e. The third-order valence-electron chi connectivity index (χ3n) is 2.49. The van der Waals surface area contributed by atoms with E-state index in [1.165, 1.54) is 6.07 Å². The maximum atomic E-state index is 10.7. The molecule has 0 aliphatic heterocycles. The van der Waals surface area contributed by atoms with Crippen LogP contribution in [0.4, 0.5) is 0 Å². The number of carboxylic acids is 1. The summed E-state index contributed by atoms with van der Waals surface area (Å²) in [5.74, 6) is -1.01. The molecule has 2 heterocycles. The van der Waals surface area contributed by atoms with Gasteiger partial charge in [0.25, 0.3) is 0 Å². The molecular weight excluding hydrogens is 208 g/mol. The molecule has 0 amide bonds. The minimum atomic E-state index is -1.01. The Morgan fingerprint density at radius 1 is 1.62 bits per heavy atom. The van der Waals surface area contributed by atoms with Crippen LogP contribution in [0.2, 0.25) is 0 Å². The highest BCUT2D eigenvalue weighted by molar-refractivity contribution is 5.86. The molecule has 0 fully saturated rings. The Morgan fingerprint density at radius 2 is 2.38 bits per heavy atom. The van der Waals surface area contributed by atoms with Crippen molar-refractivity contribution >= 4 is 5.97 Å². The molecule has 0 aliphatic rings. The van der Waals surface area contributed by atoms with Crippen LogP contribution in [0.1, 0.15) is 23.1 Å². The van der Waals surface area contributed by atoms with Crippen molar-refractivity contribution in [3.05, 3.63) is 23.7 Å². The smallest absolute Gasteiger partial charge is 0.353 e. The molecule has 2 N–H and O–H groups in total. The van der Waals surface area contributed by atoms with Crippen LogP contribution in [0, 0.1) is 6.92 Å². The van der Waals surface area contributed by atoms with E-state index in [0.29, 0.717) is 5.69 Å². The van der Waals surface area contributed by atoms with Gasteiger partial charge < -0.3 is 5.11 Å². The average molecular weight is 220 g/mol. The lowest BCUT2D eigenvalue weighted by molar-refractivity contribution is 0.0690. The molecule has 2 aromatic rings. The van der Waals surface area contributed by atoms with E-state index in [4.69, 9.17) is 5.11 Å². The van der Waals surface area contributed by atoms with Crippen LogP contribution in [-0.4, -0.2) is 31.1 Å². The van der Waals surface area contributed by atoms with Crippen molar-refractivity contribution in [2.45, 2.75) is 20.4 Å². The highest BCUT2D eigenvalue weighted by atomic mass is 16.4. The van der Waals surface area contributed by atoms with Gasteiger partial charge in [0.15, 0.2) is 0 Å². The van der Waals surface area contributed by atoms with Crippen LogP contribution in [-0.2, 0) is 6.54 Å². The lowest BCUT2D eigenvalue weighted by Gasteiger charge is -1.99. The van der Waals surface area contributed by atoms with Crippen molar-refractivity contribution in [1.82, 2.24) is 20.0 Å². The summed E-state index contributed by atoms with van der Waals surface area (Å²) in [4.78, 5) is 10.7. The molecule has 0 atom stereocenters. The molecule has 2 aromatic heterocycles. The fraction of sp³-hybridized carbons (Fsp3) is 0.300. The number of carbonyl (C=O) groups is 1. The summed E-state index contributed by atoms with van der Waals surface area (Å²) in [6, 6.07) is 1.51. The molecule has 0 radical (unpaired) electrons. The standard InChI is InChI=1S/C10H12N4O2/c1-3-14-6(2)7(5-11-14)8-4-9(10(15)16)13-12-8/h4-5H,3H2,1-2H3,(H,12,13)(H,15,16). The molecule has 0 aromatic carbocycles. The lowest BCUT2D eigenvalue weighted by atomic mass is 10.2. The molecule has 2 rings (SSSR count). The minimum Gasteiger partial charge on any atom is -0.477 e. The van der Waals surface area contributed by atoms with E-state index in [2.05, 4.69) is 15.3 Å². The highest BCUT2D eigenvalue weighted by Gasteiger charge is 2.13. The van der Waals surface area contributed by atoms with Crippen molar-refractivity contribution in [1.29, 1.82) is 0 Å². The van der Waals surface area contributed by atoms with Crippen LogP contribution in [0.25, 0.3) is 11.3 Å². The lowest BCUT2D eigenvalue weighted by Crippen LogP contribution is -1.98. The summed E-state index contributed by atoms with van der Waals surface area (Å²) in [5, 5.41) is 19.4. The molecule has 0 aliphatic carbocycles. The monoisotopic (exact) mass is 220 g/mol. The van der Waals surface area contributed by atoms with E-state index in [9.17, 15) is 4.79 Å². The Balaban J connectivity index is 2.42. The van der Waals surface area contributed by atoms with Gasteiger partial charge in [-0.25, -0.2) is 4.79 Å². The summed E-state index contributed by atoms with van der Waals surface area (Å²) in [6.07, 6.45) is 1.70.